The van der Waals surface area contributed by atoms with Crippen molar-refractivity contribution in [2.24, 2.45) is 5.92 Å². The van der Waals surface area contributed by atoms with Crippen LogP contribution in [0.1, 0.15) is 24.8 Å². The van der Waals surface area contributed by atoms with Gasteiger partial charge in [0, 0.05) is 11.9 Å². The van der Waals surface area contributed by atoms with E-state index in [-0.39, 0.29) is 11.3 Å². The number of hydrogen-bond acceptors (Lipinski definition) is 1. The van der Waals surface area contributed by atoms with Crippen LogP contribution in [0.15, 0.2) is 42.5 Å². The summed E-state index contributed by atoms with van der Waals surface area (Å²) in [7, 11) is 0. The number of amides is 1. The summed E-state index contributed by atoms with van der Waals surface area (Å²) < 4.78 is 0. The highest BCUT2D eigenvalue weighted by atomic mass is 35.5. The standard InChI is InChI=1S/C18H20ClNO/c19-17-7-3-6-16(17)12-20-18(21)11-13-8-9-14-4-1-2-5-15(14)10-13/h1-2,4-5,8-10,16-17H,3,6-7,11-12H2,(H,20,21). The number of rotatable bonds is 4. The lowest BCUT2D eigenvalue weighted by molar-refractivity contribution is -0.120. The molecule has 3 rings (SSSR count). The van der Waals surface area contributed by atoms with Gasteiger partial charge in [0.05, 0.1) is 6.42 Å². The molecule has 1 aliphatic rings. The molecule has 1 N–H and O–H groups in total. The van der Waals surface area contributed by atoms with Crippen molar-refractivity contribution in [3.8, 4) is 0 Å². The van der Waals surface area contributed by atoms with Crippen molar-refractivity contribution in [2.75, 3.05) is 6.54 Å². The summed E-state index contributed by atoms with van der Waals surface area (Å²) in [5.41, 5.74) is 1.06. The number of halogens is 1. The van der Waals surface area contributed by atoms with Crippen molar-refractivity contribution in [1.29, 1.82) is 0 Å². The first kappa shape index (κ1) is 14.4. The zero-order chi connectivity index (χ0) is 14.7. The lowest BCUT2D eigenvalue weighted by atomic mass is 10.0. The fourth-order valence-electron chi connectivity index (χ4n) is 3.06. The van der Waals surface area contributed by atoms with E-state index in [1.165, 1.54) is 17.2 Å². The van der Waals surface area contributed by atoms with Crippen LogP contribution in [-0.4, -0.2) is 17.8 Å². The quantitative estimate of drug-likeness (QED) is 0.853. The molecule has 2 aromatic rings. The van der Waals surface area contributed by atoms with Gasteiger partial charge in [-0.2, -0.15) is 0 Å². The van der Waals surface area contributed by atoms with E-state index in [1.807, 2.05) is 18.2 Å². The van der Waals surface area contributed by atoms with Crippen molar-refractivity contribution in [3.63, 3.8) is 0 Å². The Balaban J connectivity index is 1.58. The van der Waals surface area contributed by atoms with Crippen molar-refractivity contribution >= 4 is 28.3 Å². The molecule has 0 spiro atoms. The fraction of sp³-hybridized carbons (Fsp3) is 0.389. The molecule has 0 bridgehead atoms. The van der Waals surface area contributed by atoms with Gasteiger partial charge in [0.25, 0.3) is 0 Å². The van der Waals surface area contributed by atoms with Gasteiger partial charge in [0.1, 0.15) is 0 Å². The number of nitrogens with one attached hydrogen (secondary N) is 1. The van der Waals surface area contributed by atoms with Crippen LogP contribution in [0, 0.1) is 5.92 Å². The largest absolute Gasteiger partial charge is 0.355 e. The zero-order valence-corrected chi connectivity index (χ0v) is 12.8. The van der Waals surface area contributed by atoms with Crippen LogP contribution in [0.5, 0.6) is 0 Å². The monoisotopic (exact) mass is 301 g/mol. The van der Waals surface area contributed by atoms with Crippen LogP contribution in [0.3, 0.4) is 0 Å². The number of hydrogen-bond donors (Lipinski definition) is 1. The van der Waals surface area contributed by atoms with Crippen LogP contribution in [0.4, 0.5) is 0 Å². The molecule has 2 nitrogen and oxygen atoms in total. The molecule has 21 heavy (non-hydrogen) atoms. The highest BCUT2D eigenvalue weighted by molar-refractivity contribution is 6.21. The molecule has 0 aliphatic heterocycles. The minimum atomic E-state index is 0.0843. The van der Waals surface area contributed by atoms with Gasteiger partial charge in [-0.25, -0.2) is 0 Å². The Morgan fingerprint density at radius 3 is 2.71 bits per heavy atom. The predicted octanol–water partition coefficient (Wildman–Crippen LogP) is 3.91. The minimum absolute atomic E-state index is 0.0843. The van der Waals surface area contributed by atoms with Crippen LogP contribution in [-0.2, 0) is 11.2 Å². The molecule has 3 heteroatoms. The van der Waals surface area contributed by atoms with Gasteiger partial charge in [-0.3, -0.25) is 4.79 Å². The molecule has 2 atom stereocenters. The molecule has 0 heterocycles. The van der Waals surface area contributed by atoms with Gasteiger partial charge < -0.3 is 5.32 Å². The van der Waals surface area contributed by atoms with Crippen molar-refractivity contribution < 1.29 is 4.79 Å². The van der Waals surface area contributed by atoms with Crippen molar-refractivity contribution in [1.82, 2.24) is 5.32 Å². The molecular weight excluding hydrogens is 282 g/mol. The zero-order valence-electron chi connectivity index (χ0n) is 12.0. The molecule has 1 aliphatic carbocycles. The van der Waals surface area contributed by atoms with Gasteiger partial charge in [-0.05, 0) is 35.1 Å². The molecular formula is C18H20ClNO. The van der Waals surface area contributed by atoms with Crippen molar-refractivity contribution in [2.45, 2.75) is 31.1 Å². The van der Waals surface area contributed by atoms with Crippen LogP contribution >= 0.6 is 11.6 Å². The first-order valence-corrected chi connectivity index (χ1v) is 8.04. The Kier molecular flexibility index (Phi) is 4.45. The maximum Gasteiger partial charge on any atom is 0.224 e. The van der Waals surface area contributed by atoms with Crippen LogP contribution in [0.2, 0.25) is 0 Å². The number of benzene rings is 2. The summed E-state index contributed by atoms with van der Waals surface area (Å²) in [4.78, 5) is 12.1. The van der Waals surface area contributed by atoms with E-state index >= 15 is 0 Å². The first-order valence-electron chi connectivity index (χ1n) is 7.61. The molecule has 1 saturated carbocycles. The van der Waals surface area contributed by atoms with E-state index in [0.717, 1.165) is 18.4 Å². The van der Waals surface area contributed by atoms with Gasteiger partial charge in [-0.1, -0.05) is 48.9 Å². The Hall–Kier alpha value is -1.54. The topological polar surface area (TPSA) is 29.1 Å². The smallest absolute Gasteiger partial charge is 0.224 e. The molecule has 2 aromatic carbocycles. The number of carbonyl (C=O) groups is 1. The molecule has 0 aromatic heterocycles. The van der Waals surface area contributed by atoms with E-state index in [0.29, 0.717) is 18.9 Å². The fourth-order valence-corrected chi connectivity index (χ4v) is 3.43. The van der Waals surface area contributed by atoms with Gasteiger partial charge in [0.2, 0.25) is 5.91 Å². The maximum atomic E-state index is 12.1. The molecule has 2 unspecified atom stereocenters. The summed E-state index contributed by atoms with van der Waals surface area (Å²) in [6, 6.07) is 14.4. The summed E-state index contributed by atoms with van der Waals surface area (Å²) in [5.74, 6) is 0.522. The number of carbonyl (C=O) groups excluding carboxylic acids is 1. The second kappa shape index (κ2) is 6.48. The summed E-state index contributed by atoms with van der Waals surface area (Å²) in [6.07, 6.45) is 3.82. The predicted molar refractivity (Wildman–Crippen MR) is 87.6 cm³/mol. The summed E-state index contributed by atoms with van der Waals surface area (Å²) >= 11 is 6.24. The number of fused-ring (bicyclic) bond motifs is 1. The lowest BCUT2D eigenvalue weighted by Gasteiger charge is -2.14. The number of alkyl halides is 1. The van der Waals surface area contributed by atoms with Crippen LogP contribution in [0.25, 0.3) is 10.8 Å². The Morgan fingerprint density at radius 1 is 1.14 bits per heavy atom. The second-order valence-electron chi connectivity index (χ2n) is 5.87. The third kappa shape index (κ3) is 3.56. The average molecular weight is 302 g/mol. The normalized spacial score (nSPS) is 21.6. The Bertz CT molecular complexity index is 640. The third-order valence-corrected chi connectivity index (χ3v) is 4.88. The first-order chi connectivity index (χ1) is 10.2. The lowest BCUT2D eigenvalue weighted by Crippen LogP contribution is -2.32. The van der Waals surface area contributed by atoms with E-state index in [2.05, 4.69) is 29.6 Å². The van der Waals surface area contributed by atoms with E-state index in [9.17, 15) is 4.79 Å². The van der Waals surface area contributed by atoms with Gasteiger partial charge in [-0.15, -0.1) is 11.6 Å². The summed E-state index contributed by atoms with van der Waals surface area (Å²) in [5, 5.41) is 5.64. The molecule has 0 saturated heterocycles. The van der Waals surface area contributed by atoms with Gasteiger partial charge >= 0.3 is 0 Å². The van der Waals surface area contributed by atoms with Crippen LogP contribution < -0.4 is 5.32 Å². The Labute approximate surface area is 130 Å². The van der Waals surface area contributed by atoms with E-state index in [4.69, 9.17) is 11.6 Å². The molecule has 1 fully saturated rings. The van der Waals surface area contributed by atoms with E-state index in [1.54, 1.807) is 0 Å². The Morgan fingerprint density at radius 2 is 1.95 bits per heavy atom. The molecule has 1 amide bonds. The van der Waals surface area contributed by atoms with Crippen molar-refractivity contribution in [3.05, 3.63) is 48.0 Å². The minimum Gasteiger partial charge on any atom is -0.355 e. The maximum absolute atomic E-state index is 12.1. The molecule has 0 radical (unpaired) electrons. The average Bonchev–Trinajstić information content (AvgIpc) is 2.90. The molecule has 110 valence electrons. The highest BCUT2D eigenvalue weighted by Gasteiger charge is 2.25. The summed E-state index contributed by atoms with van der Waals surface area (Å²) in [6.45, 7) is 0.709. The van der Waals surface area contributed by atoms with E-state index < -0.39 is 0 Å². The SMILES string of the molecule is O=C(Cc1ccc2ccccc2c1)NCC1CCCC1Cl. The third-order valence-electron chi connectivity index (χ3n) is 4.31. The second-order valence-corrected chi connectivity index (χ2v) is 6.43. The van der Waals surface area contributed by atoms with Gasteiger partial charge in [0.15, 0.2) is 0 Å². The highest BCUT2D eigenvalue weighted by Crippen LogP contribution is 2.29.